The molecule has 1 fully saturated rings. The SMILES string of the molecule is COc1ccc([C@@H](CC(=O)OC(C)C)NC(=O)[C@@H]2CCC[C@@H](C(F)(F)F)C2)cc1. The number of halogens is 3. The molecule has 5 nitrogen and oxygen atoms in total. The zero-order chi connectivity index (χ0) is 21.6. The van der Waals surface area contributed by atoms with E-state index in [2.05, 4.69) is 5.32 Å². The Balaban J connectivity index is 2.12. The number of rotatable bonds is 7. The Labute approximate surface area is 168 Å². The second kappa shape index (κ2) is 9.98. The number of benzene rings is 1. The van der Waals surface area contributed by atoms with Gasteiger partial charge in [-0.15, -0.1) is 0 Å². The van der Waals surface area contributed by atoms with Gasteiger partial charge in [0.05, 0.1) is 31.6 Å². The van der Waals surface area contributed by atoms with Crippen molar-refractivity contribution in [3.63, 3.8) is 0 Å². The van der Waals surface area contributed by atoms with E-state index in [-0.39, 0.29) is 25.4 Å². The average molecular weight is 415 g/mol. The van der Waals surface area contributed by atoms with Crippen LogP contribution in [0.15, 0.2) is 24.3 Å². The number of hydrogen-bond acceptors (Lipinski definition) is 4. The number of methoxy groups -OCH3 is 1. The molecule has 0 unspecified atom stereocenters. The van der Waals surface area contributed by atoms with Crippen LogP contribution in [0.2, 0.25) is 0 Å². The van der Waals surface area contributed by atoms with Crippen LogP contribution in [0, 0.1) is 11.8 Å². The fraction of sp³-hybridized carbons (Fsp3) is 0.619. The number of carbonyl (C=O) groups excluding carboxylic acids is 2. The fourth-order valence-electron chi connectivity index (χ4n) is 3.58. The molecule has 2 rings (SSSR count). The van der Waals surface area contributed by atoms with Crippen molar-refractivity contribution >= 4 is 11.9 Å². The van der Waals surface area contributed by atoms with Crippen LogP contribution < -0.4 is 10.1 Å². The van der Waals surface area contributed by atoms with Crippen LogP contribution in [0.4, 0.5) is 13.2 Å². The minimum absolute atomic E-state index is 0.0515. The largest absolute Gasteiger partial charge is 0.497 e. The van der Waals surface area contributed by atoms with Gasteiger partial charge < -0.3 is 14.8 Å². The molecule has 0 spiro atoms. The minimum atomic E-state index is -4.30. The fourth-order valence-corrected chi connectivity index (χ4v) is 3.58. The number of hydrogen-bond donors (Lipinski definition) is 1. The number of carbonyl (C=O) groups is 2. The second-order valence-corrected chi connectivity index (χ2v) is 7.68. The van der Waals surface area contributed by atoms with E-state index >= 15 is 0 Å². The Morgan fingerprint density at radius 1 is 1.17 bits per heavy atom. The summed E-state index contributed by atoms with van der Waals surface area (Å²) in [6.45, 7) is 3.44. The Morgan fingerprint density at radius 3 is 2.38 bits per heavy atom. The first-order chi connectivity index (χ1) is 13.6. The summed E-state index contributed by atoms with van der Waals surface area (Å²) < 4.78 is 49.5. The van der Waals surface area contributed by atoms with Crippen molar-refractivity contribution in [2.24, 2.45) is 11.8 Å². The molecule has 1 aliphatic rings. The van der Waals surface area contributed by atoms with E-state index in [1.165, 1.54) is 7.11 Å². The molecule has 0 aromatic heterocycles. The molecule has 1 aromatic rings. The van der Waals surface area contributed by atoms with Crippen molar-refractivity contribution in [3.8, 4) is 5.75 Å². The topological polar surface area (TPSA) is 64.6 Å². The Bertz CT molecular complexity index is 688. The van der Waals surface area contributed by atoms with E-state index in [9.17, 15) is 22.8 Å². The molecule has 1 N–H and O–H groups in total. The first-order valence-electron chi connectivity index (χ1n) is 9.80. The third-order valence-electron chi connectivity index (χ3n) is 5.08. The molecular formula is C21H28F3NO4. The van der Waals surface area contributed by atoms with E-state index in [1.807, 2.05) is 0 Å². The van der Waals surface area contributed by atoms with Crippen LogP contribution in [0.3, 0.4) is 0 Å². The highest BCUT2D eigenvalue weighted by Crippen LogP contribution is 2.40. The van der Waals surface area contributed by atoms with Crippen LogP contribution in [-0.2, 0) is 14.3 Å². The molecule has 3 atom stereocenters. The van der Waals surface area contributed by atoms with Gasteiger partial charge in [0.25, 0.3) is 0 Å². The van der Waals surface area contributed by atoms with E-state index in [0.29, 0.717) is 24.2 Å². The Hall–Kier alpha value is -2.25. The summed E-state index contributed by atoms with van der Waals surface area (Å²) >= 11 is 0. The third kappa shape index (κ3) is 6.94. The van der Waals surface area contributed by atoms with Crippen LogP contribution in [-0.4, -0.2) is 31.3 Å². The summed E-state index contributed by atoms with van der Waals surface area (Å²) in [5, 5.41) is 2.77. The first kappa shape index (κ1) is 23.0. The van der Waals surface area contributed by atoms with Crippen molar-refractivity contribution < 1.29 is 32.2 Å². The van der Waals surface area contributed by atoms with Crippen LogP contribution in [0.25, 0.3) is 0 Å². The smallest absolute Gasteiger partial charge is 0.391 e. The zero-order valence-electron chi connectivity index (χ0n) is 16.9. The standard InChI is InChI=1S/C21H28F3NO4/c1-13(2)29-19(26)12-18(14-7-9-17(28-3)10-8-14)25-20(27)15-5-4-6-16(11-15)21(22,23)24/h7-10,13,15-16,18H,4-6,11-12H2,1-3H3,(H,25,27)/t15-,16-,18-/m1/s1. The molecule has 0 radical (unpaired) electrons. The molecule has 1 saturated carbocycles. The van der Waals surface area contributed by atoms with E-state index < -0.39 is 35.9 Å². The molecule has 0 bridgehead atoms. The quantitative estimate of drug-likeness (QED) is 0.663. The highest BCUT2D eigenvalue weighted by molar-refractivity contribution is 5.80. The lowest BCUT2D eigenvalue weighted by Gasteiger charge is -2.31. The molecule has 162 valence electrons. The number of amides is 1. The maximum Gasteiger partial charge on any atom is 0.391 e. The number of alkyl halides is 3. The molecular weight excluding hydrogens is 387 g/mol. The van der Waals surface area contributed by atoms with Gasteiger partial charge in [0.15, 0.2) is 0 Å². The maximum absolute atomic E-state index is 13.1. The molecule has 29 heavy (non-hydrogen) atoms. The second-order valence-electron chi connectivity index (χ2n) is 7.68. The van der Waals surface area contributed by atoms with Gasteiger partial charge in [-0.1, -0.05) is 18.6 Å². The average Bonchev–Trinajstić information content (AvgIpc) is 2.66. The van der Waals surface area contributed by atoms with Gasteiger partial charge in [0.2, 0.25) is 5.91 Å². The van der Waals surface area contributed by atoms with Gasteiger partial charge >= 0.3 is 12.1 Å². The first-order valence-corrected chi connectivity index (χ1v) is 9.80. The summed E-state index contributed by atoms with van der Waals surface area (Å²) in [6.07, 6.45) is -4.12. The number of nitrogens with one attached hydrogen (secondary N) is 1. The molecule has 1 aromatic carbocycles. The molecule has 0 heterocycles. The molecule has 0 saturated heterocycles. The minimum Gasteiger partial charge on any atom is -0.497 e. The highest BCUT2D eigenvalue weighted by atomic mass is 19.4. The summed E-state index contributed by atoms with van der Waals surface area (Å²) in [4.78, 5) is 24.9. The van der Waals surface area contributed by atoms with Crippen molar-refractivity contribution in [1.82, 2.24) is 5.32 Å². The molecule has 0 aliphatic heterocycles. The van der Waals surface area contributed by atoms with Gasteiger partial charge in [-0.25, -0.2) is 0 Å². The lowest BCUT2D eigenvalue weighted by atomic mass is 9.80. The zero-order valence-corrected chi connectivity index (χ0v) is 16.9. The van der Waals surface area contributed by atoms with E-state index in [0.717, 1.165) is 0 Å². The van der Waals surface area contributed by atoms with Gasteiger partial charge in [0, 0.05) is 5.92 Å². The van der Waals surface area contributed by atoms with E-state index in [1.54, 1.807) is 38.1 Å². The van der Waals surface area contributed by atoms with Crippen molar-refractivity contribution in [2.75, 3.05) is 7.11 Å². The normalized spacial score (nSPS) is 20.8. The van der Waals surface area contributed by atoms with Gasteiger partial charge in [-0.05, 0) is 50.8 Å². The van der Waals surface area contributed by atoms with Crippen LogP contribution in [0.5, 0.6) is 5.75 Å². The summed E-state index contributed by atoms with van der Waals surface area (Å²) in [6, 6.07) is 6.13. The highest BCUT2D eigenvalue weighted by Gasteiger charge is 2.43. The van der Waals surface area contributed by atoms with Crippen molar-refractivity contribution in [1.29, 1.82) is 0 Å². The predicted molar refractivity (Wildman–Crippen MR) is 101 cm³/mol. The van der Waals surface area contributed by atoms with Gasteiger partial charge in [-0.2, -0.15) is 13.2 Å². The predicted octanol–water partition coefficient (Wildman–Crippen LogP) is 4.56. The Kier molecular flexibility index (Phi) is 7.93. The van der Waals surface area contributed by atoms with Crippen LogP contribution in [0.1, 0.15) is 57.6 Å². The monoisotopic (exact) mass is 415 g/mol. The van der Waals surface area contributed by atoms with Crippen molar-refractivity contribution in [2.45, 2.75) is 64.3 Å². The third-order valence-corrected chi connectivity index (χ3v) is 5.08. The maximum atomic E-state index is 13.1. The lowest BCUT2D eigenvalue weighted by Crippen LogP contribution is -2.39. The number of ether oxygens (including phenoxy) is 2. The van der Waals surface area contributed by atoms with Crippen molar-refractivity contribution in [3.05, 3.63) is 29.8 Å². The molecule has 1 amide bonds. The molecule has 1 aliphatic carbocycles. The lowest BCUT2D eigenvalue weighted by molar-refractivity contribution is -0.186. The van der Waals surface area contributed by atoms with Gasteiger partial charge in [0.1, 0.15) is 5.75 Å². The van der Waals surface area contributed by atoms with Crippen LogP contribution >= 0.6 is 0 Å². The summed E-state index contributed by atoms with van der Waals surface area (Å²) in [7, 11) is 1.52. The Morgan fingerprint density at radius 2 is 1.83 bits per heavy atom. The van der Waals surface area contributed by atoms with E-state index in [4.69, 9.17) is 9.47 Å². The summed E-state index contributed by atoms with van der Waals surface area (Å²) in [5.41, 5.74) is 0.656. The molecule has 8 heteroatoms. The summed E-state index contributed by atoms with van der Waals surface area (Å²) in [5.74, 6) is -2.52. The van der Waals surface area contributed by atoms with Gasteiger partial charge in [-0.3, -0.25) is 9.59 Å². The number of esters is 1.